The number of anilines is 1. The van der Waals surface area contributed by atoms with Crippen LogP contribution in [0.2, 0.25) is 0 Å². The second kappa shape index (κ2) is 6.59. The van der Waals surface area contributed by atoms with Crippen LogP contribution in [0.25, 0.3) is 0 Å². The Kier molecular flexibility index (Phi) is 4.51. The highest BCUT2D eigenvalue weighted by Crippen LogP contribution is 2.36. The molecule has 2 aromatic rings. The number of carboxylic acids is 1. The summed E-state index contributed by atoms with van der Waals surface area (Å²) in [6, 6.07) is 11.9. The molecule has 0 aliphatic carbocycles. The molecule has 0 spiro atoms. The highest BCUT2D eigenvalue weighted by Gasteiger charge is 2.43. The molecule has 1 atom stereocenters. The average molecular weight is 325 g/mol. The van der Waals surface area contributed by atoms with Crippen LogP contribution in [-0.4, -0.2) is 34.4 Å². The first-order chi connectivity index (χ1) is 11.5. The quantitative estimate of drug-likeness (QED) is 0.936. The molecule has 1 fully saturated rings. The minimum Gasteiger partial charge on any atom is -0.481 e. The molecule has 126 valence electrons. The van der Waals surface area contributed by atoms with Crippen molar-refractivity contribution in [3.05, 3.63) is 53.2 Å². The molecule has 1 N–H and O–H groups in total. The first kappa shape index (κ1) is 16.4. The lowest BCUT2D eigenvalue weighted by molar-refractivity contribution is -0.149. The number of aryl methyl sites for hydroxylation is 2. The van der Waals surface area contributed by atoms with Gasteiger partial charge in [-0.1, -0.05) is 24.3 Å². The highest BCUT2D eigenvalue weighted by molar-refractivity contribution is 5.76. The Labute approximate surface area is 142 Å². The van der Waals surface area contributed by atoms with Gasteiger partial charge in [0.2, 0.25) is 0 Å². The normalized spacial score (nSPS) is 20.8. The summed E-state index contributed by atoms with van der Waals surface area (Å²) in [5.74, 6) is 0.0335. The maximum Gasteiger partial charge on any atom is 0.311 e. The number of carbonyl (C=O) groups is 1. The smallest absolute Gasteiger partial charge is 0.311 e. The van der Waals surface area contributed by atoms with Gasteiger partial charge in [-0.25, -0.2) is 0 Å². The van der Waals surface area contributed by atoms with Gasteiger partial charge in [0.05, 0.1) is 11.1 Å². The fraction of sp³-hybridized carbons (Fsp3) is 0.421. The Balaban J connectivity index is 1.88. The van der Waals surface area contributed by atoms with E-state index in [0.29, 0.717) is 19.4 Å². The molecule has 0 bridgehead atoms. The average Bonchev–Trinajstić information content (AvgIpc) is 2.58. The zero-order valence-corrected chi connectivity index (χ0v) is 14.2. The van der Waals surface area contributed by atoms with Gasteiger partial charge in [-0.05, 0) is 56.4 Å². The van der Waals surface area contributed by atoms with Crippen LogP contribution >= 0.6 is 0 Å². The highest BCUT2D eigenvalue weighted by atomic mass is 16.4. The zero-order valence-electron chi connectivity index (χ0n) is 14.2. The van der Waals surface area contributed by atoms with E-state index >= 15 is 0 Å². The predicted molar refractivity (Wildman–Crippen MR) is 93.2 cm³/mol. The third-order valence-electron chi connectivity index (χ3n) is 4.93. The predicted octanol–water partition coefficient (Wildman–Crippen LogP) is 3.01. The van der Waals surface area contributed by atoms with Gasteiger partial charge in [0.1, 0.15) is 0 Å². The molecule has 5 nitrogen and oxygen atoms in total. The zero-order chi connectivity index (χ0) is 17.2. The molecule has 1 aromatic carbocycles. The Bertz CT molecular complexity index is 730. The summed E-state index contributed by atoms with van der Waals surface area (Å²) < 4.78 is 0. The first-order valence-electron chi connectivity index (χ1n) is 8.33. The standard InChI is InChI=1S/C19H23N3O2/c1-14-6-3-4-7-16(14)12-19(18(23)24)10-5-11-22(13-19)17-9-8-15(2)20-21-17/h3-4,6-9H,5,10-13H2,1-2H3,(H,23,24). The van der Waals surface area contributed by atoms with E-state index in [1.54, 1.807) is 0 Å². The van der Waals surface area contributed by atoms with Gasteiger partial charge in [-0.15, -0.1) is 5.10 Å². The molecule has 3 rings (SSSR count). The summed E-state index contributed by atoms with van der Waals surface area (Å²) in [5.41, 5.74) is 2.33. The topological polar surface area (TPSA) is 66.3 Å². The van der Waals surface area contributed by atoms with Crippen molar-refractivity contribution in [2.45, 2.75) is 33.1 Å². The van der Waals surface area contributed by atoms with Gasteiger partial charge in [0.15, 0.2) is 5.82 Å². The van der Waals surface area contributed by atoms with Gasteiger partial charge in [0, 0.05) is 13.1 Å². The molecule has 0 saturated carbocycles. The molecule has 0 radical (unpaired) electrons. The van der Waals surface area contributed by atoms with Gasteiger partial charge < -0.3 is 10.0 Å². The second-order valence-corrected chi connectivity index (χ2v) is 6.75. The van der Waals surface area contributed by atoms with Crippen LogP contribution in [0.3, 0.4) is 0 Å². The second-order valence-electron chi connectivity index (χ2n) is 6.75. The Hall–Kier alpha value is -2.43. The van der Waals surface area contributed by atoms with Crippen molar-refractivity contribution in [2.24, 2.45) is 5.41 Å². The van der Waals surface area contributed by atoms with Crippen LogP contribution in [0.15, 0.2) is 36.4 Å². The molecule has 1 aromatic heterocycles. The number of rotatable bonds is 4. The van der Waals surface area contributed by atoms with Crippen molar-refractivity contribution in [1.29, 1.82) is 0 Å². The van der Waals surface area contributed by atoms with Gasteiger partial charge in [-0.3, -0.25) is 4.79 Å². The monoisotopic (exact) mass is 325 g/mol. The number of carboxylic acid groups (broad SMARTS) is 1. The van der Waals surface area contributed by atoms with Gasteiger partial charge >= 0.3 is 5.97 Å². The van der Waals surface area contributed by atoms with Crippen LogP contribution < -0.4 is 4.90 Å². The molecule has 1 saturated heterocycles. The van der Waals surface area contributed by atoms with E-state index in [0.717, 1.165) is 35.6 Å². The van der Waals surface area contributed by atoms with E-state index in [1.165, 1.54) is 0 Å². The molecule has 1 aliphatic heterocycles. The molecule has 0 amide bonds. The molecule has 24 heavy (non-hydrogen) atoms. The lowest BCUT2D eigenvalue weighted by atomic mass is 9.74. The van der Waals surface area contributed by atoms with Gasteiger partial charge in [0.25, 0.3) is 0 Å². The molecule has 1 aliphatic rings. The third kappa shape index (κ3) is 3.25. The molecule has 2 heterocycles. The number of hydrogen-bond donors (Lipinski definition) is 1. The fourth-order valence-corrected chi connectivity index (χ4v) is 3.46. The summed E-state index contributed by atoms with van der Waals surface area (Å²) in [6.45, 7) is 5.22. The molecular formula is C19H23N3O2. The van der Waals surface area contributed by atoms with E-state index < -0.39 is 11.4 Å². The summed E-state index contributed by atoms with van der Waals surface area (Å²) >= 11 is 0. The van der Waals surface area contributed by atoms with E-state index in [1.807, 2.05) is 50.2 Å². The molecular weight excluding hydrogens is 302 g/mol. The largest absolute Gasteiger partial charge is 0.481 e. The number of hydrogen-bond acceptors (Lipinski definition) is 4. The van der Waals surface area contributed by atoms with E-state index in [-0.39, 0.29) is 0 Å². The van der Waals surface area contributed by atoms with Crippen molar-refractivity contribution >= 4 is 11.8 Å². The fourth-order valence-electron chi connectivity index (χ4n) is 3.46. The third-order valence-corrected chi connectivity index (χ3v) is 4.93. The number of aliphatic carboxylic acids is 1. The van der Waals surface area contributed by atoms with Crippen LogP contribution in [0.1, 0.15) is 29.7 Å². The van der Waals surface area contributed by atoms with Crippen molar-refractivity contribution in [3.8, 4) is 0 Å². The lowest BCUT2D eigenvalue weighted by Gasteiger charge is -2.40. The van der Waals surface area contributed by atoms with Crippen LogP contribution in [0, 0.1) is 19.3 Å². The van der Waals surface area contributed by atoms with E-state index in [9.17, 15) is 9.90 Å². The Morgan fingerprint density at radius 3 is 2.67 bits per heavy atom. The van der Waals surface area contributed by atoms with Crippen LogP contribution in [-0.2, 0) is 11.2 Å². The van der Waals surface area contributed by atoms with Crippen molar-refractivity contribution in [3.63, 3.8) is 0 Å². The lowest BCUT2D eigenvalue weighted by Crippen LogP contribution is -2.49. The summed E-state index contributed by atoms with van der Waals surface area (Å²) in [6.07, 6.45) is 2.07. The number of benzene rings is 1. The summed E-state index contributed by atoms with van der Waals surface area (Å²) in [5, 5.41) is 18.3. The summed E-state index contributed by atoms with van der Waals surface area (Å²) in [4.78, 5) is 14.2. The first-order valence-corrected chi connectivity index (χ1v) is 8.33. The van der Waals surface area contributed by atoms with Crippen molar-refractivity contribution in [2.75, 3.05) is 18.0 Å². The maximum absolute atomic E-state index is 12.2. The van der Waals surface area contributed by atoms with Crippen molar-refractivity contribution in [1.82, 2.24) is 10.2 Å². The van der Waals surface area contributed by atoms with E-state index in [4.69, 9.17) is 0 Å². The van der Waals surface area contributed by atoms with E-state index in [2.05, 4.69) is 15.1 Å². The Morgan fingerprint density at radius 2 is 2.00 bits per heavy atom. The number of piperidine rings is 1. The SMILES string of the molecule is Cc1ccc(N2CCCC(Cc3ccccc3C)(C(=O)O)C2)nn1. The van der Waals surface area contributed by atoms with Crippen LogP contribution in [0.4, 0.5) is 5.82 Å². The minimum absolute atomic E-state index is 0.467. The molecule has 5 heteroatoms. The van der Waals surface area contributed by atoms with Crippen LogP contribution in [0.5, 0.6) is 0 Å². The van der Waals surface area contributed by atoms with Gasteiger partial charge in [-0.2, -0.15) is 5.10 Å². The number of nitrogens with zero attached hydrogens (tertiary/aromatic N) is 3. The maximum atomic E-state index is 12.2. The van der Waals surface area contributed by atoms with Crippen molar-refractivity contribution < 1.29 is 9.90 Å². The minimum atomic E-state index is -0.781. The summed E-state index contributed by atoms with van der Waals surface area (Å²) in [7, 11) is 0. The molecule has 1 unspecified atom stereocenters. The number of aromatic nitrogens is 2. The Morgan fingerprint density at radius 1 is 1.21 bits per heavy atom.